The minimum atomic E-state index is -2.41. The van der Waals surface area contributed by atoms with Crippen LogP contribution < -0.4 is 47.7 Å². The van der Waals surface area contributed by atoms with Gasteiger partial charge in [-0.1, -0.05) is 182 Å². The van der Waals surface area contributed by atoms with Crippen LogP contribution in [0.5, 0.6) is 0 Å². The molecule has 5 heteroatoms. The van der Waals surface area contributed by atoms with E-state index in [0.717, 1.165) is 0 Å². The molecule has 0 radical (unpaired) electrons. The van der Waals surface area contributed by atoms with Crippen LogP contribution in [-0.4, -0.2) is 0 Å². The van der Waals surface area contributed by atoms with E-state index in [2.05, 4.69) is 255 Å². The van der Waals surface area contributed by atoms with Gasteiger partial charge in [-0.25, -0.2) is 0 Å². The first-order valence-corrected chi connectivity index (χ1v) is 25.2. The average Bonchev–Trinajstić information content (AvgIpc) is 3.32. The van der Waals surface area contributed by atoms with E-state index in [0.29, 0.717) is 0 Å². The van der Waals surface area contributed by atoms with Crippen molar-refractivity contribution in [3.05, 3.63) is 273 Å². The van der Waals surface area contributed by atoms with Gasteiger partial charge in [0.05, 0.1) is 0 Å². The minimum Gasteiger partial charge on any atom is -1.00 e. The van der Waals surface area contributed by atoms with Crippen molar-refractivity contribution < 1.29 is 20.9 Å². The number of benzene rings is 9. The van der Waals surface area contributed by atoms with Gasteiger partial charge < -0.3 is 1.43 Å². The van der Waals surface area contributed by atoms with Gasteiger partial charge in [-0.2, -0.15) is 0 Å². The summed E-state index contributed by atoms with van der Waals surface area (Å²) in [6, 6.07) is 95.9. The van der Waals surface area contributed by atoms with Gasteiger partial charge >= 0.3 is 125 Å². The molecule has 0 spiro atoms. The Morgan fingerprint density at radius 1 is 0.237 bits per heavy atom. The van der Waals surface area contributed by atoms with Gasteiger partial charge in [0.15, 0.2) is 0 Å². The standard InChI is InChI=1S/C18H16ClP.2C18H15P.Ru.H/c19-20(16-10-4-1-5-11-16,17-12-6-2-7-13-17)18-14-8-3-9-15-18;2*1-4-10-16(11-5-1)19(17-12-6-2-7-13-17)18-14-8-3-9-15-18;;/h1-15,20H;2*1-15H;;/q;;;;-1. The first kappa shape index (κ1) is 43.8. The van der Waals surface area contributed by atoms with E-state index >= 15 is 0 Å². The molecule has 59 heavy (non-hydrogen) atoms. The molecule has 0 unspecified atom stereocenters. The van der Waals surface area contributed by atoms with Crippen molar-refractivity contribution >= 4 is 81.4 Å². The maximum absolute atomic E-state index is 7.25. The van der Waals surface area contributed by atoms with Crippen LogP contribution in [0, 0.1) is 0 Å². The van der Waals surface area contributed by atoms with E-state index in [1.165, 1.54) is 47.7 Å². The Kier molecular flexibility index (Phi) is 17.1. The molecular weight excluding hydrogens is 878 g/mol. The summed E-state index contributed by atoms with van der Waals surface area (Å²) >= 11 is 7.25. The molecule has 0 amide bonds. The van der Waals surface area contributed by atoms with Crippen LogP contribution in [0.1, 0.15) is 1.43 Å². The zero-order valence-corrected chi connectivity index (χ0v) is 37.9. The van der Waals surface area contributed by atoms with Crippen LogP contribution in [0.4, 0.5) is 0 Å². The monoisotopic (exact) mass is 925 g/mol. The molecule has 0 fully saturated rings. The topological polar surface area (TPSA) is 0 Å². The van der Waals surface area contributed by atoms with E-state index in [1.807, 2.05) is 18.2 Å². The molecule has 0 N–H and O–H groups in total. The van der Waals surface area contributed by atoms with Gasteiger partial charge in [0, 0.05) is 19.5 Å². The largest absolute Gasteiger partial charge is 1.00 e. The minimum absolute atomic E-state index is 0. The van der Waals surface area contributed by atoms with Gasteiger partial charge in [0.1, 0.15) is 0 Å². The first-order valence-electron chi connectivity index (χ1n) is 19.5. The summed E-state index contributed by atoms with van der Waals surface area (Å²) in [6.45, 7) is -2.41. The summed E-state index contributed by atoms with van der Waals surface area (Å²) in [5, 5.41) is 12.1. The van der Waals surface area contributed by atoms with E-state index in [4.69, 9.17) is 11.2 Å². The summed E-state index contributed by atoms with van der Waals surface area (Å²) in [7, 11) is -0.892. The fourth-order valence-corrected chi connectivity index (χ4v) is 15.6. The zero-order valence-electron chi connectivity index (χ0n) is 33.6. The average molecular weight is 925 g/mol. The smallest absolute Gasteiger partial charge is 0 e. The van der Waals surface area contributed by atoms with E-state index in [-0.39, 0.29) is 20.9 Å². The predicted molar refractivity (Wildman–Crippen MR) is 264 cm³/mol. The van der Waals surface area contributed by atoms with Crippen molar-refractivity contribution in [2.75, 3.05) is 0 Å². The molecule has 0 heterocycles. The number of halogens is 1. The van der Waals surface area contributed by atoms with Crippen LogP contribution in [0.3, 0.4) is 0 Å². The second kappa shape index (κ2) is 23.1. The fraction of sp³-hybridized carbons (Fsp3) is 0. The first-order chi connectivity index (χ1) is 28.7. The molecule has 0 atom stereocenters. The van der Waals surface area contributed by atoms with Crippen molar-refractivity contribution in [1.82, 2.24) is 0 Å². The third-order valence-corrected chi connectivity index (χ3v) is 19.8. The summed E-state index contributed by atoms with van der Waals surface area (Å²) in [5.41, 5.74) is 0. The fourth-order valence-electron chi connectivity index (χ4n) is 6.86. The molecule has 9 aromatic rings. The van der Waals surface area contributed by atoms with Gasteiger partial charge in [0.2, 0.25) is 0 Å². The molecule has 0 aliphatic rings. The Labute approximate surface area is 372 Å². The summed E-state index contributed by atoms with van der Waals surface area (Å²) in [5.74, 6) is 0. The maximum Gasteiger partial charge on any atom is 0 e. The molecule has 0 saturated heterocycles. The molecule has 0 aliphatic carbocycles. The second-order valence-corrected chi connectivity index (χ2v) is 22.6. The third-order valence-electron chi connectivity index (χ3n) is 9.60. The SMILES string of the molecule is Cl[PH](c1ccccc1)(c1ccccc1)c1ccccc1.[H-].[Ru].c1ccc(P(c2ccccc2)c2ccccc2)cc1.c1ccc(P(c2ccccc2)c2ccccc2)cc1. The molecule has 0 saturated carbocycles. The Morgan fingerprint density at radius 3 is 0.525 bits per heavy atom. The summed E-state index contributed by atoms with van der Waals surface area (Å²) in [4.78, 5) is 0. The van der Waals surface area contributed by atoms with Gasteiger partial charge in [-0.05, 0) is 47.7 Å². The molecule has 0 bridgehead atoms. The van der Waals surface area contributed by atoms with E-state index in [9.17, 15) is 0 Å². The van der Waals surface area contributed by atoms with Crippen molar-refractivity contribution in [3.63, 3.8) is 0 Å². The predicted octanol–water partition coefficient (Wildman–Crippen LogP) is 10.9. The van der Waals surface area contributed by atoms with Crippen LogP contribution >= 0.6 is 33.7 Å². The third kappa shape index (κ3) is 11.7. The summed E-state index contributed by atoms with van der Waals surface area (Å²) in [6.07, 6.45) is 0. The van der Waals surface area contributed by atoms with Crippen molar-refractivity contribution in [2.24, 2.45) is 0 Å². The Morgan fingerprint density at radius 2 is 0.373 bits per heavy atom. The van der Waals surface area contributed by atoms with Crippen LogP contribution in [0.2, 0.25) is 0 Å². The zero-order chi connectivity index (χ0) is 39.7. The van der Waals surface area contributed by atoms with E-state index in [1.54, 1.807) is 0 Å². The summed E-state index contributed by atoms with van der Waals surface area (Å²) < 4.78 is 0. The van der Waals surface area contributed by atoms with Gasteiger partial charge in [0.25, 0.3) is 0 Å². The van der Waals surface area contributed by atoms with Crippen molar-refractivity contribution in [3.8, 4) is 0 Å². The number of hydrogen-bond acceptors (Lipinski definition) is 0. The molecule has 9 aromatic carbocycles. The maximum atomic E-state index is 7.25. The van der Waals surface area contributed by atoms with Crippen LogP contribution in [0.15, 0.2) is 273 Å². The van der Waals surface area contributed by atoms with Crippen molar-refractivity contribution in [2.45, 2.75) is 0 Å². The molecular formula is C54H47ClP3Ru-. The quantitative estimate of drug-likeness (QED) is 0.1000. The second-order valence-electron chi connectivity index (χ2n) is 13.4. The Hall–Kier alpha value is -4.82. The molecule has 0 aliphatic heterocycles. The molecule has 294 valence electrons. The molecule has 9 rings (SSSR count). The Bertz CT molecular complexity index is 2090. The number of hydrogen-bond donors (Lipinski definition) is 0. The molecule has 0 nitrogen and oxygen atoms in total. The van der Waals surface area contributed by atoms with Gasteiger partial charge in [-0.3, -0.25) is 0 Å². The van der Waals surface area contributed by atoms with Crippen LogP contribution in [0.25, 0.3) is 0 Å². The Balaban J connectivity index is 0.000000168. The van der Waals surface area contributed by atoms with Gasteiger partial charge in [-0.15, -0.1) is 0 Å². The van der Waals surface area contributed by atoms with Crippen molar-refractivity contribution in [1.29, 1.82) is 0 Å². The van der Waals surface area contributed by atoms with E-state index < -0.39 is 22.5 Å². The van der Waals surface area contributed by atoms with Crippen LogP contribution in [-0.2, 0) is 19.5 Å². The number of rotatable bonds is 9. The molecule has 0 aromatic heterocycles. The normalized spacial score (nSPS) is 10.9.